The molecule has 0 unspecified atom stereocenters. The topological polar surface area (TPSA) is 4.93 Å². The number of allylic oxidation sites excluding steroid dienone is 4. The molecular formula is C44H43N. The molecule has 1 saturated carbocycles. The van der Waals surface area contributed by atoms with Gasteiger partial charge in [-0.3, -0.25) is 0 Å². The maximum absolute atomic E-state index is 2.44. The molecule has 0 N–H and O–H groups in total. The summed E-state index contributed by atoms with van der Waals surface area (Å²) in [5.74, 6) is 0.719. The van der Waals surface area contributed by atoms with Crippen LogP contribution in [0.4, 0.5) is 0 Å². The third-order valence-corrected chi connectivity index (χ3v) is 9.71. The van der Waals surface area contributed by atoms with Crippen molar-refractivity contribution >= 4 is 33.0 Å². The number of nitrogens with zero attached hydrogens (tertiary/aromatic N) is 1. The van der Waals surface area contributed by atoms with E-state index in [-0.39, 0.29) is 0 Å². The van der Waals surface area contributed by atoms with Gasteiger partial charge in [0.1, 0.15) is 0 Å². The standard InChI is InChI=1S/C44H43N/c1-4-13-34(32-23-26-37(27-24-32)45-43-21-10-8-19-41(43)42-20-9-11-22-44(42)45)30-35(14-5-2)36-25-28-38(31(3)29-36)40-18-7-6-17-39(40)33-15-12-16-33/h6-11,14,17-30,33H,4-5,12-13,15-16H2,1-3H3/b34-30+,35-14-. The highest BCUT2D eigenvalue weighted by Gasteiger charge is 2.23. The van der Waals surface area contributed by atoms with Gasteiger partial charge in [-0.2, -0.15) is 0 Å². The van der Waals surface area contributed by atoms with Crippen LogP contribution in [-0.4, -0.2) is 4.57 Å². The monoisotopic (exact) mass is 585 g/mol. The summed E-state index contributed by atoms with van der Waals surface area (Å²) in [5.41, 5.74) is 14.7. The first kappa shape index (κ1) is 29.1. The Morgan fingerprint density at radius 1 is 0.711 bits per heavy atom. The molecule has 1 heteroatoms. The van der Waals surface area contributed by atoms with E-state index in [1.165, 1.54) is 91.3 Å². The van der Waals surface area contributed by atoms with Gasteiger partial charge < -0.3 is 4.57 Å². The normalized spacial score (nSPS) is 14.3. The Hall–Kier alpha value is -4.62. The van der Waals surface area contributed by atoms with Gasteiger partial charge in [0.15, 0.2) is 0 Å². The zero-order valence-electron chi connectivity index (χ0n) is 26.9. The van der Waals surface area contributed by atoms with Crippen LogP contribution in [-0.2, 0) is 0 Å². The number of fused-ring (bicyclic) bond motifs is 3. The quantitative estimate of drug-likeness (QED) is 0.149. The highest BCUT2D eigenvalue weighted by Crippen LogP contribution is 2.42. The minimum Gasteiger partial charge on any atom is -0.309 e. The molecule has 7 rings (SSSR count). The van der Waals surface area contributed by atoms with E-state index in [4.69, 9.17) is 0 Å². The second-order valence-corrected chi connectivity index (χ2v) is 12.6. The summed E-state index contributed by atoms with van der Waals surface area (Å²) in [5, 5.41) is 2.59. The van der Waals surface area contributed by atoms with E-state index in [0.717, 1.165) is 25.2 Å². The first-order valence-electron chi connectivity index (χ1n) is 16.9. The van der Waals surface area contributed by atoms with Gasteiger partial charge in [0.25, 0.3) is 0 Å². The second-order valence-electron chi connectivity index (χ2n) is 12.6. The Kier molecular flexibility index (Phi) is 8.27. The number of aromatic nitrogens is 1. The molecule has 0 spiro atoms. The summed E-state index contributed by atoms with van der Waals surface area (Å²) in [6.45, 7) is 6.80. The number of hydrogen-bond donors (Lipinski definition) is 0. The van der Waals surface area contributed by atoms with Crippen LogP contribution >= 0.6 is 0 Å². The fourth-order valence-electron chi connectivity index (χ4n) is 7.23. The summed E-state index contributed by atoms with van der Waals surface area (Å²) < 4.78 is 2.40. The Morgan fingerprint density at radius 3 is 1.98 bits per heavy atom. The van der Waals surface area contributed by atoms with Gasteiger partial charge in [-0.05, 0) is 107 Å². The van der Waals surface area contributed by atoms with Crippen molar-refractivity contribution in [1.29, 1.82) is 0 Å². The Bertz CT molecular complexity index is 1970. The zero-order chi connectivity index (χ0) is 30.8. The van der Waals surface area contributed by atoms with Gasteiger partial charge in [-0.1, -0.05) is 130 Å². The van der Waals surface area contributed by atoms with E-state index in [2.05, 4.69) is 153 Å². The maximum atomic E-state index is 2.44. The van der Waals surface area contributed by atoms with Crippen LogP contribution in [0.3, 0.4) is 0 Å². The number of benzene rings is 5. The second kappa shape index (κ2) is 12.8. The molecule has 45 heavy (non-hydrogen) atoms. The summed E-state index contributed by atoms with van der Waals surface area (Å²) in [6.07, 6.45) is 12.0. The van der Waals surface area contributed by atoms with Crippen molar-refractivity contribution in [1.82, 2.24) is 4.57 Å². The molecule has 0 radical (unpaired) electrons. The van der Waals surface area contributed by atoms with Crippen LogP contribution in [0.25, 0.3) is 49.8 Å². The number of para-hydroxylation sites is 2. The molecule has 1 heterocycles. The van der Waals surface area contributed by atoms with Crippen molar-refractivity contribution in [3.8, 4) is 16.8 Å². The molecule has 0 bridgehead atoms. The summed E-state index contributed by atoms with van der Waals surface area (Å²) in [7, 11) is 0. The van der Waals surface area contributed by atoms with Crippen molar-refractivity contribution in [2.24, 2.45) is 0 Å². The molecule has 1 aromatic heterocycles. The Morgan fingerprint density at radius 2 is 1.36 bits per heavy atom. The lowest BCUT2D eigenvalue weighted by atomic mass is 9.76. The van der Waals surface area contributed by atoms with Crippen molar-refractivity contribution in [3.63, 3.8) is 0 Å². The molecule has 1 fully saturated rings. The zero-order valence-corrected chi connectivity index (χ0v) is 26.9. The van der Waals surface area contributed by atoms with Crippen LogP contribution < -0.4 is 0 Å². The third-order valence-electron chi connectivity index (χ3n) is 9.71. The number of rotatable bonds is 9. The van der Waals surface area contributed by atoms with E-state index in [1.54, 1.807) is 0 Å². The summed E-state index contributed by atoms with van der Waals surface area (Å²) in [6, 6.07) is 42.8. The molecule has 1 nitrogen and oxygen atoms in total. The molecule has 0 atom stereocenters. The van der Waals surface area contributed by atoms with Gasteiger partial charge in [0.2, 0.25) is 0 Å². The average molecular weight is 586 g/mol. The smallest absolute Gasteiger partial charge is 0.0541 e. The van der Waals surface area contributed by atoms with Crippen LogP contribution in [0.5, 0.6) is 0 Å². The molecule has 224 valence electrons. The third kappa shape index (κ3) is 5.57. The lowest BCUT2D eigenvalue weighted by molar-refractivity contribution is 0.420. The first-order valence-corrected chi connectivity index (χ1v) is 16.9. The number of hydrogen-bond acceptors (Lipinski definition) is 0. The van der Waals surface area contributed by atoms with E-state index < -0.39 is 0 Å². The largest absolute Gasteiger partial charge is 0.309 e. The Balaban J connectivity index is 1.23. The molecule has 0 amide bonds. The summed E-state index contributed by atoms with van der Waals surface area (Å²) >= 11 is 0. The average Bonchev–Trinajstić information content (AvgIpc) is 3.38. The molecule has 1 aliphatic carbocycles. The first-order chi connectivity index (χ1) is 22.2. The van der Waals surface area contributed by atoms with Gasteiger partial charge in [-0.25, -0.2) is 0 Å². The van der Waals surface area contributed by atoms with Crippen molar-refractivity contribution in [3.05, 3.63) is 150 Å². The minimum absolute atomic E-state index is 0.719. The number of aryl methyl sites for hydroxylation is 1. The fourth-order valence-corrected chi connectivity index (χ4v) is 7.23. The molecule has 5 aromatic carbocycles. The predicted molar refractivity (Wildman–Crippen MR) is 195 cm³/mol. The molecule has 0 saturated heterocycles. The molecule has 1 aliphatic rings. The van der Waals surface area contributed by atoms with Crippen molar-refractivity contribution < 1.29 is 0 Å². The molecule has 0 aliphatic heterocycles. The SMILES string of the molecule is CC/C=C(/C=C(\CCC)c1ccc(-n2c3ccccc3c3ccccc32)cc1)c1ccc(-c2ccccc2C2CCC2)c(C)c1. The van der Waals surface area contributed by atoms with E-state index in [1.807, 2.05) is 0 Å². The Labute approximate surface area is 268 Å². The van der Waals surface area contributed by atoms with Crippen molar-refractivity contribution in [2.75, 3.05) is 0 Å². The molecular weight excluding hydrogens is 542 g/mol. The van der Waals surface area contributed by atoms with Crippen LogP contribution in [0.15, 0.2) is 127 Å². The van der Waals surface area contributed by atoms with Crippen LogP contribution in [0, 0.1) is 6.92 Å². The van der Waals surface area contributed by atoms with Gasteiger partial charge in [0, 0.05) is 16.5 Å². The van der Waals surface area contributed by atoms with Crippen molar-refractivity contribution in [2.45, 2.75) is 65.2 Å². The lowest BCUT2D eigenvalue weighted by Crippen LogP contribution is -2.10. The lowest BCUT2D eigenvalue weighted by Gasteiger charge is -2.28. The van der Waals surface area contributed by atoms with E-state index in [9.17, 15) is 0 Å². The fraction of sp³-hybridized carbons (Fsp3) is 0.227. The maximum Gasteiger partial charge on any atom is 0.0541 e. The minimum atomic E-state index is 0.719. The summed E-state index contributed by atoms with van der Waals surface area (Å²) in [4.78, 5) is 0. The predicted octanol–water partition coefficient (Wildman–Crippen LogP) is 12.7. The highest BCUT2D eigenvalue weighted by molar-refractivity contribution is 6.09. The molecule has 6 aromatic rings. The van der Waals surface area contributed by atoms with Crippen LogP contribution in [0.1, 0.15) is 80.5 Å². The van der Waals surface area contributed by atoms with Crippen LogP contribution in [0.2, 0.25) is 0 Å². The van der Waals surface area contributed by atoms with E-state index >= 15 is 0 Å². The van der Waals surface area contributed by atoms with Gasteiger partial charge in [0.05, 0.1) is 11.0 Å². The highest BCUT2D eigenvalue weighted by atomic mass is 15.0. The van der Waals surface area contributed by atoms with Gasteiger partial charge >= 0.3 is 0 Å². The van der Waals surface area contributed by atoms with E-state index in [0.29, 0.717) is 0 Å². The van der Waals surface area contributed by atoms with Gasteiger partial charge in [-0.15, -0.1) is 0 Å².